The highest BCUT2D eigenvalue weighted by Crippen LogP contribution is 2.16. The van der Waals surface area contributed by atoms with Crippen LogP contribution in [0.15, 0.2) is 31.0 Å². The highest BCUT2D eigenvalue weighted by Gasteiger charge is 2.20. The van der Waals surface area contributed by atoms with Crippen LogP contribution in [0.3, 0.4) is 0 Å². The number of anilines is 1. The fourth-order valence-electron chi connectivity index (χ4n) is 1.46. The van der Waals surface area contributed by atoms with E-state index in [1.54, 1.807) is 6.20 Å². The Balaban J connectivity index is 2.75. The molecule has 1 aromatic heterocycles. The molecule has 0 aliphatic carbocycles. The lowest BCUT2D eigenvalue weighted by atomic mass is 10.1. The number of hydrogen-bond donors (Lipinski definition) is 1. The molecule has 0 bridgehead atoms. The van der Waals surface area contributed by atoms with E-state index in [1.807, 2.05) is 18.2 Å². The second-order valence-corrected chi connectivity index (χ2v) is 4.92. The average molecular weight is 219 g/mol. The standard InChI is InChI=1S/C13H21N3/c1-5-8-16(13(2,3)4)10-12-7-6-11(14)9-15-12/h5-7,9H,1,8,10,14H2,2-4H3. The summed E-state index contributed by atoms with van der Waals surface area (Å²) in [6.07, 6.45) is 3.62. The van der Waals surface area contributed by atoms with Crippen molar-refractivity contribution in [2.24, 2.45) is 0 Å². The second kappa shape index (κ2) is 5.12. The average Bonchev–Trinajstić information content (AvgIpc) is 2.19. The number of nitrogen functional groups attached to an aromatic ring is 1. The summed E-state index contributed by atoms with van der Waals surface area (Å²) in [5.74, 6) is 0. The third-order valence-corrected chi connectivity index (χ3v) is 2.50. The van der Waals surface area contributed by atoms with Gasteiger partial charge in [0, 0.05) is 18.6 Å². The third kappa shape index (κ3) is 3.66. The molecule has 1 aromatic rings. The van der Waals surface area contributed by atoms with Gasteiger partial charge in [0.25, 0.3) is 0 Å². The molecule has 1 rings (SSSR count). The van der Waals surface area contributed by atoms with Gasteiger partial charge >= 0.3 is 0 Å². The topological polar surface area (TPSA) is 42.1 Å². The molecule has 0 amide bonds. The molecule has 0 fully saturated rings. The Hall–Kier alpha value is -1.35. The lowest BCUT2D eigenvalue weighted by molar-refractivity contribution is 0.143. The first-order valence-corrected chi connectivity index (χ1v) is 5.50. The number of pyridine rings is 1. The van der Waals surface area contributed by atoms with Crippen LogP contribution < -0.4 is 5.73 Å². The molecule has 0 saturated carbocycles. The summed E-state index contributed by atoms with van der Waals surface area (Å²) in [5.41, 5.74) is 7.45. The Morgan fingerprint density at radius 1 is 1.44 bits per heavy atom. The maximum absolute atomic E-state index is 5.61. The minimum Gasteiger partial charge on any atom is -0.397 e. The van der Waals surface area contributed by atoms with E-state index in [0.717, 1.165) is 18.8 Å². The summed E-state index contributed by atoms with van der Waals surface area (Å²) in [5, 5.41) is 0. The summed E-state index contributed by atoms with van der Waals surface area (Å²) < 4.78 is 0. The number of aromatic nitrogens is 1. The van der Waals surface area contributed by atoms with Crippen LogP contribution in [0.2, 0.25) is 0 Å². The smallest absolute Gasteiger partial charge is 0.0545 e. The molecule has 0 aromatic carbocycles. The quantitative estimate of drug-likeness (QED) is 0.791. The summed E-state index contributed by atoms with van der Waals surface area (Å²) in [6, 6.07) is 3.86. The van der Waals surface area contributed by atoms with Crippen LogP contribution >= 0.6 is 0 Å². The van der Waals surface area contributed by atoms with E-state index in [1.165, 1.54) is 0 Å². The van der Waals surface area contributed by atoms with Crippen LogP contribution in [0.4, 0.5) is 5.69 Å². The van der Waals surface area contributed by atoms with Gasteiger partial charge in [-0.3, -0.25) is 9.88 Å². The summed E-state index contributed by atoms with van der Waals surface area (Å²) in [7, 11) is 0. The van der Waals surface area contributed by atoms with Crippen molar-refractivity contribution < 1.29 is 0 Å². The lowest BCUT2D eigenvalue weighted by Gasteiger charge is -2.34. The van der Waals surface area contributed by atoms with Gasteiger partial charge in [-0.1, -0.05) is 6.08 Å². The Kier molecular flexibility index (Phi) is 4.07. The monoisotopic (exact) mass is 219 g/mol. The molecular weight excluding hydrogens is 198 g/mol. The first-order valence-electron chi connectivity index (χ1n) is 5.50. The van der Waals surface area contributed by atoms with Gasteiger partial charge in [0.15, 0.2) is 0 Å². The molecule has 88 valence electrons. The Bertz CT molecular complexity index is 335. The molecule has 2 N–H and O–H groups in total. The van der Waals surface area contributed by atoms with E-state index in [2.05, 4.69) is 37.2 Å². The predicted octanol–water partition coefficient (Wildman–Crippen LogP) is 2.45. The van der Waals surface area contributed by atoms with E-state index in [4.69, 9.17) is 5.73 Å². The third-order valence-electron chi connectivity index (χ3n) is 2.50. The molecule has 0 spiro atoms. The highest BCUT2D eigenvalue weighted by atomic mass is 15.2. The zero-order chi connectivity index (χ0) is 12.2. The highest BCUT2D eigenvalue weighted by molar-refractivity contribution is 5.34. The largest absolute Gasteiger partial charge is 0.397 e. The zero-order valence-electron chi connectivity index (χ0n) is 10.4. The van der Waals surface area contributed by atoms with Gasteiger partial charge in [-0.15, -0.1) is 6.58 Å². The molecule has 0 aliphatic heterocycles. The van der Waals surface area contributed by atoms with E-state index in [0.29, 0.717) is 5.69 Å². The van der Waals surface area contributed by atoms with Gasteiger partial charge in [0.2, 0.25) is 0 Å². The maximum atomic E-state index is 5.61. The number of rotatable bonds is 4. The first kappa shape index (κ1) is 12.7. The van der Waals surface area contributed by atoms with E-state index >= 15 is 0 Å². The van der Waals surface area contributed by atoms with Crippen molar-refractivity contribution in [1.29, 1.82) is 0 Å². The maximum Gasteiger partial charge on any atom is 0.0545 e. The normalized spacial score (nSPS) is 11.8. The molecule has 0 saturated heterocycles. The fourth-order valence-corrected chi connectivity index (χ4v) is 1.46. The first-order chi connectivity index (χ1) is 7.43. The number of hydrogen-bond acceptors (Lipinski definition) is 3. The van der Waals surface area contributed by atoms with Crippen LogP contribution in [-0.4, -0.2) is 22.0 Å². The Labute approximate surface area is 98.0 Å². The van der Waals surface area contributed by atoms with Gasteiger partial charge in [-0.25, -0.2) is 0 Å². The number of nitrogens with zero attached hydrogens (tertiary/aromatic N) is 2. The van der Waals surface area contributed by atoms with E-state index in [9.17, 15) is 0 Å². The van der Waals surface area contributed by atoms with Crippen molar-refractivity contribution >= 4 is 5.69 Å². The number of nitrogens with two attached hydrogens (primary N) is 1. The van der Waals surface area contributed by atoms with Gasteiger partial charge in [0.1, 0.15) is 0 Å². The summed E-state index contributed by atoms with van der Waals surface area (Å²) >= 11 is 0. The van der Waals surface area contributed by atoms with Crippen LogP contribution in [0.25, 0.3) is 0 Å². The van der Waals surface area contributed by atoms with Gasteiger partial charge in [0.05, 0.1) is 17.6 Å². The van der Waals surface area contributed by atoms with Crippen LogP contribution in [0.1, 0.15) is 26.5 Å². The Morgan fingerprint density at radius 2 is 2.12 bits per heavy atom. The SMILES string of the molecule is C=CCN(Cc1ccc(N)cn1)C(C)(C)C. The summed E-state index contributed by atoms with van der Waals surface area (Å²) in [4.78, 5) is 6.63. The minimum atomic E-state index is 0.108. The second-order valence-electron chi connectivity index (χ2n) is 4.92. The van der Waals surface area contributed by atoms with Crippen LogP contribution in [-0.2, 0) is 6.54 Å². The molecule has 16 heavy (non-hydrogen) atoms. The predicted molar refractivity (Wildman–Crippen MR) is 69.0 cm³/mol. The van der Waals surface area contributed by atoms with Crippen molar-refractivity contribution in [3.05, 3.63) is 36.7 Å². The van der Waals surface area contributed by atoms with Crippen molar-refractivity contribution in [3.8, 4) is 0 Å². The zero-order valence-corrected chi connectivity index (χ0v) is 10.4. The fraction of sp³-hybridized carbons (Fsp3) is 0.462. The van der Waals surface area contributed by atoms with Crippen molar-refractivity contribution in [2.75, 3.05) is 12.3 Å². The van der Waals surface area contributed by atoms with Gasteiger partial charge in [-0.2, -0.15) is 0 Å². The molecule has 0 radical (unpaired) electrons. The van der Waals surface area contributed by atoms with Crippen molar-refractivity contribution in [2.45, 2.75) is 32.9 Å². The molecule has 0 atom stereocenters. The van der Waals surface area contributed by atoms with Gasteiger partial charge < -0.3 is 5.73 Å². The molecule has 1 heterocycles. The molecule has 0 unspecified atom stereocenters. The van der Waals surface area contributed by atoms with Crippen LogP contribution in [0, 0.1) is 0 Å². The van der Waals surface area contributed by atoms with Crippen molar-refractivity contribution in [3.63, 3.8) is 0 Å². The summed E-state index contributed by atoms with van der Waals surface area (Å²) in [6.45, 7) is 12.0. The lowest BCUT2D eigenvalue weighted by Crippen LogP contribution is -2.41. The minimum absolute atomic E-state index is 0.108. The molecule has 3 nitrogen and oxygen atoms in total. The Morgan fingerprint density at radius 3 is 2.56 bits per heavy atom. The molecular formula is C13H21N3. The van der Waals surface area contributed by atoms with E-state index in [-0.39, 0.29) is 5.54 Å². The van der Waals surface area contributed by atoms with Crippen molar-refractivity contribution in [1.82, 2.24) is 9.88 Å². The van der Waals surface area contributed by atoms with E-state index < -0.39 is 0 Å². The molecule has 0 aliphatic rings. The van der Waals surface area contributed by atoms with Gasteiger partial charge in [-0.05, 0) is 32.9 Å². The van der Waals surface area contributed by atoms with Crippen LogP contribution in [0.5, 0.6) is 0 Å². The molecule has 3 heteroatoms.